The molecule has 0 saturated heterocycles. The standard InChI is InChI=1S/C21H10Cl2F5N3O2/c22-13-2-1-10(24)6-12(13)17-16-14(7-15(23)30-18(16)20(33)31-17)29-19(32)8-3-9(21(26,27)28)5-11(25)4-8/h1-7,17H,(H,31,33)(H,29,30,32). The van der Waals surface area contributed by atoms with Gasteiger partial charge >= 0.3 is 6.18 Å². The average Bonchev–Trinajstić information content (AvgIpc) is 3.05. The number of carbonyl (C=O) groups is 2. The second-order valence-electron chi connectivity index (χ2n) is 7.01. The van der Waals surface area contributed by atoms with E-state index >= 15 is 0 Å². The highest BCUT2D eigenvalue weighted by atomic mass is 35.5. The van der Waals surface area contributed by atoms with E-state index in [1.54, 1.807) is 0 Å². The minimum absolute atomic E-state index is 0.0673. The van der Waals surface area contributed by atoms with Crippen molar-refractivity contribution in [1.82, 2.24) is 10.3 Å². The zero-order valence-electron chi connectivity index (χ0n) is 16.0. The molecule has 2 aromatic carbocycles. The van der Waals surface area contributed by atoms with Gasteiger partial charge in [0, 0.05) is 21.7 Å². The van der Waals surface area contributed by atoms with Gasteiger partial charge in [-0.1, -0.05) is 23.2 Å². The molecule has 0 spiro atoms. The van der Waals surface area contributed by atoms with Crippen molar-refractivity contribution >= 4 is 40.7 Å². The second-order valence-corrected chi connectivity index (χ2v) is 7.80. The zero-order valence-corrected chi connectivity index (χ0v) is 17.5. The molecule has 33 heavy (non-hydrogen) atoms. The van der Waals surface area contributed by atoms with Crippen LogP contribution in [0.5, 0.6) is 0 Å². The number of amides is 2. The van der Waals surface area contributed by atoms with Crippen molar-refractivity contribution in [2.24, 2.45) is 0 Å². The number of aromatic nitrogens is 1. The van der Waals surface area contributed by atoms with E-state index in [4.69, 9.17) is 23.2 Å². The topological polar surface area (TPSA) is 71.1 Å². The van der Waals surface area contributed by atoms with E-state index in [1.165, 1.54) is 6.07 Å². The molecule has 1 atom stereocenters. The van der Waals surface area contributed by atoms with Crippen LogP contribution >= 0.6 is 23.2 Å². The van der Waals surface area contributed by atoms with Crippen LogP contribution in [0.15, 0.2) is 42.5 Å². The van der Waals surface area contributed by atoms with Crippen LogP contribution < -0.4 is 10.6 Å². The van der Waals surface area contributed by atoms with E-state index in [0.717, 1.165) is 18.2 Å². The number of fused-ring (bicyclic) bond motifs is 1. The number of alkyl halides is 3. The Balaban J connectivity index is 1.79. The fourth-order valence-electron chi connectivity index (χ4n) is 3.41. The van der Waals surface area contributed by atoms with Crippen molar-refractivity contribution in [2.45, 2.75) is 12.2 Å². The maximum absolute atomic E-state index is 13.8. The third-order valence-corrected chi connectivity index (χ3v) is 5.35. The maximum Gasteiger partial charge on any atom is 0.416 e. The molecule has 2 N–H and O–H groups in total. The number of pyridine rings is 1. The Hall–Kier alpha value is -3.24. The number of nitrogens with one attached hydrogen (secondary N) is 2. The Kier molecular flexibility index (Phi) is 5.75. The Labute approximate surface area is 192 Å². The number of halogens is 7. The lowest BCUT2D eigenvalue weighted by Crippen LogP contribution is -2.21. The average molecular weight is 502 g/mol. The lowest BCUT2D eigenvalue weighted by atomic mass is 9.98. The zero-order chi connectivity index (χ0) is 24.1. The molecule has 0 bridgehead atoms. The first-order valence-electron chi connectivity index (χ1n) is 9.09. The first-order valence-corrected chi connectivity index (χ1v) is 9.85. The van der Waals surface area contributed by atoms with E-state index in [-0.39, 0.29) is 38.8 Å². The van der Waals surface area contributed by atoms with Crippen molar-refractivity contribution in [3.8, 4) is 0 Å². The van der Waals surface area contributed by atoms with Crippen molar-refractivity contribution in [2.75, 3.05) is 5.32 Å². The smallest absolute Gasteiger partial charge is 0.340 e. The molecular weight excluding hydrogens is 492 g/mol. The Morgan fingerprint density at radius 3 is 2.45 bits per heavy atom. The summed E-state index contributed by atoms with van der Waals surface area (Å²) in [5, 5.41) is 4.78. The van der Waals surface area contributed by atoms with E-state index in [1.807, 2.05) is 0 Å². The summed E-state index contributed by atoms with van der Waals surface area (Å²) in [6.45, 7) is 0. The maximum atomic E-state index is 13.8. The fraction of sp³-hybridized carbons (Fsp3) is 0.0952. The third-order valence-electron chi connectivity index (χ3n) is 4.81. The highest BCUT2D eigenvalue weighted by Gasteiger charge is 2.36. The number of hydrogen-bond acceptors (Lipinski definition) is 3. The highest BCUT2D eigenvalue weighted by molar-refractivity contribution is 6.31. The molecule has 12 heteroatoms. The van der Waals surface area contributed by atoms with Gasteiger partial charge in [-0.2, -0.15) is 13.2 Å². The van der Waals surface area contributed by atoms with Crippen LogP contribution in [0.25, 0.3) is 0 Å². The van der Waals surface area contributed by atoms with Crippen LogP contribution in [0.2, 0.25) is 10.2 Å². The number of benzene rings is 2. The first kappa shape index (κ1) is 22.9. The van der Waals surface area contributed by atoms with Crippen LogP contribution in [0.1, 0.15) is 43.6 Å². The molecule has 1 aliphatic heterocycles. The molecule has 1 aromatic heterocycles. The van der Waals surface area contributed by atoms with Crippen LogP contribution in [-0.2, 0) is 6.18 Å². The minimum Gasteiger partial charge on any atom is -0.340 e. The molecule has 0 radical (unpaired) electrons. The summed E-state index contributed by atoms with van der Waals surface area (Å²) in [4.78, 5) is 29.1. The van der Waals surface area contributed by atoms with Crippen molar-refractivity contribution < 1.29 is 31.5 Å². The number of rotatable bonds is 3. The predicted octanol–water partition coefficient (Wildman–Crippen LogP) is 5.77. The molecule has 4 rings (SSSR count). The quantitative estimate of drug-likeness (QED) is 0.353. The van der Waals surface area contributed by atoms with Gasteiger partial charge < -0.3 is 10.6 Å². The Morgan fingerprint density at radius 1 is 1.03 bits per heavy atom. The van der Waals surface area contributed by atoms with Crippen LogP contribution in [0, 0.1) is 11.6 Å². The van der Waals surface area contributed by atoms with Crippen molar-refractivity contribution in [3.63, 3.8) is 0 Å². The van der Waals surface area contributed by atoms with E-state index in [9.17, 15) is 31.5 Å². The third kappa shape index (κ3) is 4.49. The monoisotopic (exact) mass is 501 g/mol. The molecule has 5 nitrogen and oxygen atoms in total. The Bertz CT molecular complexity index is 1310. The van der Waals surface area contributed by atoms with Crippen molar-refractivity contribution in [1.29, 1.82) is 0 Å². The highest BCUT2D eigenvalue weighted by Crippen LogP contribution is 2.40. The molecular formula is C21H10Cl2F5N3O2. The first-order chi connectivity index (χ1) is 15.4. The summed E-state index contributed by atoms with van der Waals surface area (Å²) in [5.74, 6) is -3.72. The summed E-state index contributed by atoms with van der Waals surface area (Å²) < 4.78 is 66.6. The molecule has 1 aliphatic rings. The molecule has 3 aromatic rings. The van der Waals surface area contributed by atoms with Crippen LogP contribution in [-0.4, -0.2) is 16.8 Å². The van der Waals surface area contributed by atoms with Gasteiger partial charge in [0.2, 0.25) is 0 Å². The van der Waals surface area contributed by atoms with Crippen LogP contribution in [0.4, 0.5) is 27.6 Å². The Morgan fingerprint density at radius 2 is 1.76 bits per heavy atom. The lowest BCUT2D eigenvalue weighted by molar-refractivity contribution is -0.137. The van der Waals surface area contributed by atoms with E-state index in [0.29, 0.717) is 12.1 Å². The second kappa shape index (κ2) is 8.27. The molecule has 1 unspecified atom stereocenters. The molecule has 170 valence electrons. The van der Waals surface area contributed by atoms with Gasteiger partial charge in [0.05, 0.1) is 17.3 Å². The van der Waals surface area contributed by atoms with Crippen molar-refractivity contribution in [3.05, 3.63) is 92.2 Å². The van der Waals surface area contributed by atoms with E-state index < -0.39 is 46.8 Å². The summed E-state index contributed by atoms with van der Waals surface area (Å²) in [6.07, 6.45) is -4.88. The summed E-state index contributed by atoms with van der Waals surface area (Å²) >= 11 is 12.1. The molecule has 0 saturated carbocycles. The van der Waals surface area contributed by atoms with Gasteiger partial charge in [0.15, 0.2) is 0 Å². The van der Waals surface area contributed by atoms with Gasteiger partial charge in [0.1, 0.15) is 22.5 Å². The largest absolute Gasteiger partial charge is 0.416 e. The van der Waals surface area contributed by atoms with Gasteiger partial charge in [-0.3, -0.25) is 9.59 Å². The SMILES string of the molecule is O=C(Nc1cc(Cl)nc2c1C(c1cc(F)ccc1Cl)NC2=O)c1cc(F)cc(C(F)(F)F)c1. The summed E-state index contributed by atoms with van der Waals surface area (Å²) in [6, 6.07) is 4.91. The molecule has 2 amide bonds. The predicted molar refractivity (Wildman–Crippen MR) is 109 cm³/mol. The summed E-state index contributed by atoms with van der Waals surface area (Å²) in [7, 11) is 0. The number of nitrogens with zero attached hydrogens (tertiary/aromatic N) is 1. The van der Waals surface area contributed by atoms with Gasteiger partial charge in [0.25, 0.3) is 11.8 Å². The number of carbonyl (C=O) groups excluding carboxylic acids is 2. The van der Waals surface area contributed by atoms with Gasteiger partial charge in [-0.15, -0.1) is 0 Å². The lowest BCUT2D eigenvalue weighted by Gasteiger charge is -2.18. The van der Waals surface area contributed by atoms with Gasteiger partial charge in [-0.25, -0.2) is 13.8 Å². The fourth-order valence-corrected chi connectivity index (χ4v) is 3.83. The molecule has 0 aliphatic carbocycles. The molecule has 2 heterocycles. The normalized spacial score (nSPS) is 15.2. The minimum atomic E-state index is -4.88. The molecule has 0 fully saturated rings. The van der Waals surface area contributed by atoms with Crippen LogP contribution in [0.3, 0.4) is 0 Å². The number of hydrogen-bond donors (Lipinski definition) is 2. The number of anilines is 1. The summed E-state index contributed by atoms with van der Waals surface area (Å²) in [5.41, 5.74) is -2.06. The van der Waals surface area contributed by atoms with E-state index in [2.05, 4.69) is 15.6 Å². The van der Waals surface area contributed by atoms with Gasteiger partial charge in [-0.05, 0) is 42.5 Å².